The van der Waals surface area contributed by atoms with Gasteiger partial charge in [0.25, 0.3) is 0 Å². The van der Waals surface area contributed by atoms with E-state index in [0.29, 0.717) is 5.92 Å². The van der Waals surface area contributed by atoms with Crippen molar-refractivity contribution in [1.82, 2.24) is 0 Å². The van der Waals surface area contributed by atoms with Gasteiger partial charge in [-0.3, -0.25) is 0 Å². The maximum atomic E-state index is 6.81. The van der Waals surface area contributed by atoms with Gasteiger partial charge in [0.15, 0.2) is 11.5 Å². The monoisotopic (exact) mass is 358 g/mol. The number of hydrogen-bond donors (Lipinski definition) is 0. The Bertz CT molecular complexity index is 505. The molecule has 0 spiro atoms. The zero-order valence-electron chi connectivity index (χ0n) is 11.9. The fourth-order valence-electron chi connectivity index (χ4n) is 3.96. The van der Waals surface area contributed by atoms with E-state index in [1.807, 2.05) is 12.1 Å². The molecule has 0 radical (unpaired) electrons. The minimum absolute atomic E-state index is 0.0551. The van der Waals surface area contributed by atoms with Crippen molar-refractivity contribution in [1.29, 1.82) is 0 Å². The second kappa shape index (κ2) is 5.76. The lowest BCUT2D eigenvalue weighted by molar-refractivity contribution is 0.321. The first-order chi connectivity index (χ1) is 9.63. The molecule has 1 aromatic rings. The molecule has 0 saturated heterocycles. The highest BCUT2D eigenvalue weighted by Gasteiger charge is 2.43. The molecule has 4 unspecified atom stereocenters. The van der Waals surface area contributed by atoms with Crippen molar-refractivity contribution in [2.24, 2.45) is 17.8 Å². The van der Waals surface area contributed by atoms with Crippen LogP contribution >= 0.6 is 27.5 Å². The molecule has 2 aliphatic rings. The van der Waals surface area contributed by atoms with Crippen LogP contribution in [-0.4, -0.2) is 14.2 Å². The molecule has 2 saturated carbocycles. The zero-order valence-corrected chi connectivity index (χ0v) is 14.2. The highest BCUT2D eigenvalue weighted by molar-refractivity contribution is 9.10. The molecular weight excluding hydrogens is 340 g/mol. The normalized spacial score (nSPS) is 29.5. The zero-order chi connectivity index (χ0) is 14.3. The summed E-state index contributed by atoms with van der Waals surface area (Å²) in [5.41, 5.74) is 1.13. The number of halogens is 2. The van der Waals surface area contributed by atoms with Crippen molar-refractivity contribution in [3.05, 3.63) is 22.2 Å². The summed E-state index contributed by atoms with van der Waals surface area (Å²) < 4.78 is 11.7. The van der Waals surface area contributed by atoms with Crippen LogP contribution in [0.2, 0.25) is 0 Å². The Labute approximate surface area is 133 Å². The molecule has 0 aliphatic heterocycles. The number of hydrogen-bond acceptors (Lipinski definition) is 2. The minimum atomic E-state index is 0.0551. The summed E-state index contributed by atoms with van der Waals surface area (Å²) in [4.78, 5) is 0. The van der Waals surface area contributed by atoms with Crippen LogP contribution in [0.3, 0.4) is 0 Å². The van der Waals surface area contributed by atoms with Crippen LogP contribution in [0.5, 0.6) is 11.5 Å². The predicted molar refractivity (Wildman–Crippen MR) is 84.8 cm³/mol. The second-order valence-corrected chi connectivity index (χ2v) is 7.29. The van der Waals surface area contributed by atoms with Crippen LogP contribution in [0.25, 0.3) is 0 Å². The molecule has 0 amide bonds. The lowest BCUT2D eigenvalue weighted by atomic mass is 9.84. The Balaban J connectivity index is 1.89. The van der Waals surface area contributed by atoms with E-state index in [1.54, 1.807) is 14.2 Å². The fraction of sp³-hybridized carbons (Fsp3) is 0.625. The van der Waals surface area contributed by atoms with Gasteiger partial charge in [-0.25, -0.2) is 0 Å². The molecule has 0 heterocycles. The van der Waals surface area contributed by atoms with Gasteiger partial charge in [0.1, 0.15) is 0 Å². The van der Waals surface area contributed by atoms with Crippen LogP contribution in [0.15, 0.2) is 16.6 Å². The van der Waals surface area contributed by atoms with Gasteiger partial charge in [-0.2, -0.15) is 0 Å². The van der Waals surface area contributed by atoms with E-state index >= 15 is 0 Å². The third kappa shape index (κ3) is 2.43. The van der Waals surface area contributed by atoms with Crippen molar-refractivity contribution in [2.45, 2.75) is 31.1 Å². The first-order valence-corrected chi connectivity index (χ1v) is 8.42. The molecule has 20 heavy (non-hydrogen) atoms. The fourth-order valence-corrected chi connectivity index (χ4v) is 5.15. The molecule has 110 valence electrons. The van der Waals surface area contributed by atoms with Gasteiger partial charge in [0.05, 0.1) is 19.6 Å². The molecule has 0 N–H and O–H groups in total. The van der Waals surface area contributed by atoms with Crippen LogP contribution in [0.4, 0.5) is 0 Å². The van der Waals surface area contributed by atoms with Crippen LogP contribution in [-0.2, 0) is 0 Å². The third-order valence-corrected chi connectivity index (χ3v) is 6.21. The summed E-state index contributed by atoms with van der Waals surface area (Å²) in [5, 5.41) is 0.0551. The number of methoxy groups -OCH3 is 2. The Morgan fingerprint density at radius 1 is 1.15 bits per heavy atom. The van der Waals surface area contributed by atoms with Crippen LogP contribution < -0.4 is 9.47 Å². The molecule has 1 aromatic carbocycles. The van der Waals surface area contributed by atoms with E-state index in [0.717, 1.165) is 33.4 Å². The standard InChI is InChI=1S/C16H20BrClO2/c1-19-14-7-12(13(17)8-15(14)20-2)16(18)11-6-9-3-4-10(11)5-9/h7-11,16H,3-6H2,1-2H3. The molecule has 4 heteroatoms. The van der Waals surface area contributed by atoms with Crippen LogP contribution in [0, 0.1) is 17.8 Å². The summed E-state index contributed by atoms with van der Waals surface area (Å²) in [6, 6.07) is 3.98. The molecule has 2 aliphatic carbocycles. The van der Waals surface area contributed by atoms with E-state index in [9.17, 15) is 0 Å². The Kier molecular flexibility index (Phi) is 4.19. The number of ether oxygens (including phenoxy) is 2. The molecule has 3 rings (SSSR count). The van der Waals surface area contributed by atoms with Gasteiger partial charge in [-0.05, 0) is 54.7 Å². The van der Waals surface area contributed by atoms with Crippen molar-refractivity contribution in [3.8, 4) is 11.5 Å². The van der Waals surface area contributed by atoms with Gasteiger partial charge in [-0.15, -0.1) is 11.6 Å². The summed E-state index contributed by atoms with van der Waals surface area (Å²) in [5.74, 6) is 3.80. The predicted octanol–water partition coefficient (Wildman–Crippen LogP) is 5.18. The average Bonchev–Trinajstić information content (AvgIpc) is 3.08. The smallest absolute Gasteiger partial charge is 0.161 e. The second-order valence-electron chi connectivity index (χ2n) is 5.97. The number of rotatable bonds is 4. The SMILES string of the molecule is COc1cc(Br)c(C(Cl)C2CC3CCC2C3)cc1OC. The van der Waals surface area contributed by atoms with Gasteiger partial charge in [0.2, 0.25) is 0 Å². The van der Waals surface area contributed by atoms with E-state index in [2.05, 4.69) is 15.9 Å². The van der Waals surface area contributed by atoms with E-state index < -0.39 is 0 Å². The van der Waals surface area contributed by atoms with E-state index in [1.165, 1.54) is 25.7 Å². The van der Waals surface area contributed by atoms with Crippen molar-refractivity contribution >= 4 is 27.5 Å². The third-order valence-electron chi connectivity index (χ3n) is 4.97. The Hall–Kier alpha value is -0.410. The minimum Gasteiger partial charge on any atom is -0.493 e. The average molecular weight is 360 g/mol. The summed E-state index contributed by atoms with van der Waals surface area (Å²) in [7, 11) is 3.31. The molecule has 0 aromatic heterocycles. The lowest BCUT2D eigenvalue weighted by Gasteiger charge is -2.27. The van der Waals surface area contributed by atoms with Crippen LogP contribution in [0.1, 0.15) is 36.6 Å². The highest BCUT2D eigenvalue weighted by Crippen LogP contribution is 2.55. The van der Waals surface area contributed by atoms with Crippen molar-refractivity contribution < 1.29 is 9.47 Å². The maximum Gasteiger partial charge on any atom is 0.161 e. The summed E-state index contributed by atoms with van der Waals surface area (Å²) >= 11 is 10.4. The lowest BCUT2D eigenvalue weighted by Crippen LogP contribution is -2.16. The maximum absolute atomic E-state index is 6.81. The topological polar surface area (TPSA) is 18.5 Å². The number of alkyl halides is 1. The first-order valence-electron chi connectivity index (χ1n) is 7.19. The van der Waals surface area contributed by atoms with E-state index in [-0.39, 0.29) is 5.38 Å². The molecule has 2 bridgehead atoms. The highest BCUT2D eigenvalue weighted by atomic mass is 79.9. The van der Waals surface area contributed by atoms with E-state index in [4.69, 9.17) is 21.1 Å². The largest absolute Gasteiger partial charge is 0.493 e. The number of benzene rings is 1. The molecular formula is C16H20BrClO2. The molecule has 4 atom stereocenters. The number of fused-ring (bicyclic) bond motifs is 2. The Morgan fingerprint density at radius 2 is 1.85 bits per heavy atom. The molecule has 2 fully saturated rings. The van der Waals surface area contributed by atoms with Gasteiger partial charge >= 0.3 is 0 Å². The quantitative estimate of drug-likeness (QED) is 0.689. The first kappa shape index (κ1) is 14.5. The summed E-state index contributed by atoms with van der Waals surface area (Å²) in [6.07, 6.45) is 5.40. The Morgan fingerprint density at radius 3 is 2.40 bits per heavy atom. The van der Waals surface area contributed by atoms with Gasteiger partial charge in [0, 0.05) is 4.47 Å². The van der Waals surface area contributed by atoms with Crippen molar-refractivity contribution in [2.75, 3.05) is 14.2 Å². The van der Waals surface area contributed by atoms with Gasteiger partial charge < -0.3 is 9.47 Å². The van der Waals surface area contributed by atoms with Gasteiger partial charge in [-0.1, -0.05) is 22.4 Å². The van der Waals surface area contributed by atoms with Crippen molar-refractivity contribution in [3.63, 3.8) is 0 Å². The molecule has 2 nitrogen and oxygen atoms in total. The summed E-state index contributed by atoms with van der Waals surface area (Å²) in [6.45, 7) is 0.